The predicted octanol–water partition coefficient (Wildman–Crippen LogP) is 4.61. The van der Waals surface area contributed by atoms with Crippen LogP contribution in [0.1, 0.15) is 23.0 Å². The molecule has 10 nitrogen and oxygen atoms in total. The Labute approximate surface area is 213 Å². The van der Waals surface area contributed by atoms with Crippen molar-refractivity contribution in [1.29, 1.82) is 0 Å². The molecule has 2 heterocycles. The number of anilines is 2. The highest BCUT2D eigenvalue weighted by Crippen LogP contribution is 2.25. The third kappa shape index (κ3) is 6.67. The van der Waals surface area contributed by atoms with Crippen LogP contribution in [0.4, 0.5) is 11.5 Å². The molecule has 11 heteroatoms. The topological polar surface area (TPSA) is 138 Å². The summed E-state index contributed by atoms with van der Waals surface area (Å²) >= 11 is 0. The molecule has 0 fully saturated rings. The standard InChI is InChI=1S/C26H24N6O4S/c1-17(13-21(16-27-2)36-20-7-5-4-6-8-20)18-9-11-23-22(14-18)25(31-30-23)26(33)29-19-10-12-24(28-15-19)32-37(3,34)35/h4-16H,2H2,1,3H3,(H,28,32)(H,29,33)(H,30,31)/b17-13+,21-16+. The number of hydrogen-bond donors (Lipinski definition) is 3. The molecule has 0 aliphatic carbocycles. The lowest BCUT2D eigenvalue weighted by Gasteiger charge is -2.08. The lowest BCUT2D eigenvalue weighted by molar-refractivity contribution is 0.102. The number of nitrogens with one attached hydrogen (secondary N) is 3. The van der Waals surface area contributed by atoms with E-state index in [0.29, 0.717) is 28.1 Å². The van der Waals surface area contributed by atoms with Crippen LogP contribution in [0.15, 0.2) is 89.9 Å². The number of ether oxygens (including phenoxy) is 1. The second kappa shape index (κ2) is 10.9. The van der Waals surface area contributed by atoms with Gasteiger partial charge in [-0.3, -0.25) is 19.6 Å². The highest BCUT2D eigenvalue weighted by molar-refractivity contribution is 7.92. The van der Waals surface area contributed by atoms with Gasteiger partial charge in [0.25, 0.3) is 5.91 Å². The van der Waals surface area contributed by atoms with Crippen LogP contribution in [-0.4, -0.2) is 42.5 Å². The zero-order chi connectivity index (χ0) is 26.4. The number of pyridine rings is 1. The van der Waals surface area contributed by atoms with E-state index in [1.165, 1.54) is 18.5 Å². The Balaban J connectivity index is 1.56. The van der Waals surface area contributed by atoms with Gasteiger partial charge in [-0.15, -0.1) is 0 Å². The average molecular weight is 517 g/mol. The zero-order valence-corrected chi connectivity index (χ0v) is 20.9. The number of aromatic amines is 1. The summed E-state index contributed by atoms with van der Waals surface area (Å²) in [4.78, 5) is 20.8. The molecule has 2 aromatic heterocycles. The molecule has 0 aliphatic heterocycles. The molecule has 0 bridgehead atoms. The summed E-state index contributed by atoms with van der Waals surface area (Å²) in [7, 11) is -3.45. The molecule has 0 spiro atoms. The van der Waals surface area contributed by atoms with E-state index in [2.05, 4.69) is 36.9 Å². The number of sulfonamides is 1. The molecular formula is C26H24N6O4S. The Hall–Kier alpha value is -4.77. The largest absolute Gasteiger partial charge is 0.456 e. The van der Waals surface area contributed by atoms with E-state index in [1.807, 2.05) is 61.5 Å². The number of allylic oxidation sites excluding steroid dienone is 2. The van der Waals surface area contributed by atoms with Crippen molar-refractivity contribution >= 4 is 50.6 Å². The SMILES string of the molecule is C=N/C=C(\C=C(/C)c1ccc2[nH]nc(C(=O)Nc3ccc(NS(C)(=O)=O)nc3)c2c1)Oc1ccccc1. The molecule has 0 saturated carbocycles. The van der Waals surface area contributed by atoms with E-state index in [0.717, 1.165) is 17.4 Å². The fraction of sp³-hybridized carbons (Fsp3) is 0.0769. The number of aromatic nitrogens is 3. The monoisotopic (exact) mass is 516 g/mol. The molecule has 0 atom stereocenters. The molecule has 4 aromatic rings. The molecule has 0 radical (unpaired) electrons. The van der Waals surface area contributed by atoms with Gasteiger partial charge in [0.05, 0.1) is 29.9 Å². The van der Waals surface area contributed by atoms with Gasteiger partial charge in [-0.05, 0) is 67.3 Å². The van der Waals surface area contributed by atoms with Crippen LogP contribution in [0, 0.1) is 0 Å². The molecule has 3 N–H and O–H groups in total. The summed E-state index contributed by atoms with van der Waals surface area (Å²) in [5.74, 6) is 0.874. The Morgan fingerprint density at radius 2 is 1.92 bits per heavy atom. The van der Waals surface area contributed by atoms with Crippen LogP contribution in [0.3, 0.4) is 0 Å². The van der Waals surface area contributed by atoms with Crippen LogP contribution < -0.4 is 14.8 Å². The minimum absolute atomic E-state index is 0.147. The third-order valence-electron chi connectivity index (χ3n) is 5.10. The van der Waals surface area contributed by atoms with Gasteiger partial charge < -0.3 is 10.1 Å². The van der Waals surface area contributed by atoms with Crippen molar-refractivity contribution in [2.75, 3.05) is 16.3 Å². The lowest BCUT2D eigenvalue weighted by atomic mass is 10.0. The highest BCUT2D eigenvalue weighted by atomic mass is 32.2. The van der Waals surface area contributed by atoms with Gasteiger partial charge in [-0.1, -0.05) is 24.3 Å². The zero-order valence-electron chi connectivity index (χ0n) is 20.1. The second-order valence-electron chi connectivity index (χ2n) is 8.05. The van der Waals surface area contributed by atoms with Gasteiger partial charge in [0.1, 0.15) is 17.3 Å². The van der Waals surface area contributed by atoms with E-state index >= 15 is 0 Å². The number of benzene rings is 2. The number of rotatable bonds is 9. The lowest BCUT2D eigenvalue weighted by Crippen LogP contribution is -2.14. The summed E-state index contributed by atoms with van der Waals surface area (Å²) < 4.78 is 30.9. The number of fused-ring (bicyclic) bond motifs is 1. The van der Waals surface area contributed by atoms with Gasteiger partial charge in [0.15, 0.2) is 5.69 Å². The first-order valence-corrected chi connectivity index (χ1v) is 12.9. The van der Waals surface area contributed by atoms with Crippen LogP contribution in [-0.2, 0) is 10.0 Å². The van der Waals surface area contributed by atoms with Crippen LogP contribution in [0.25, 0.3) is 16.5 Å². The number of carbonyl (C=O) groups is 1. The number of carbonyl (C=O) groups excluding carboxylic acids is 1. The van der Waals surface area contributed by atoms with Crippen LogP contribution in [0.2, 0.25) is 0 Å². The van der Waals surface area contributed by atoms with Crippen molar-refractivity contribution in [3.63, 3.8) is 0 Å². The highest BCUT2D eigenvalue weighted by Gasteiger charge is 2.16. The normalized spacial score (nSPS) is 12.3. The first-order valence-electron chi connectivity index (χ1n) is 11.0. The fourth-order valence-corrected chi connectivity index (χ4v) is 3.95. The van der Waals surface area contributed by atoms with Crippen LogP contribution in [0.5, 0.6) is 5.75 Å². The van der Waals surface area contributed by atoms with Gasteiger partial charge >= 0.3 is 0 Å². The molecule has 188 valence electrons. The van der Waals surface area contributed by atoms with Gasteiger partial charge in [0.2, 0.25) is 10.0 Å². The molecule has 37 heavy (non-hydrogen) atoms. The fourth-order valence-electron chi connectivity index (χ4n) is 3.45. The maximum atomic E-state index is 13.0. The Morgan fingerprint density at radius 1 is 1.14 bits per heavy atom. The molecule has 1 amide bonds. The van der Waals surface area contributed by atoms with E-state index in [4.69, 9.17) is 4.74 Å². The number of nitrogens with zero attached hydrogens (tertiary/aromatic N) is 3. The number of para-hydroxylation sites is 1. The summed E-state index contributed by atoms with van der Waals surface area (Å²) in [6.07, 6.45) is 5.74. The first kappa shape index (κ1) is 25.3. The summed E-state index contributed by atoms with van der Waals surface area (Å²) in [6, 6.07) is 17.9. The summed E-state index contributed by atoms with van der Waals surface area (Å²) in [5.41, 5.74) is 3.01. The van der Waals surface area contributed by atoms with E-state index in [1.54, 1.807) is 6.07 Å². The third-order valence-corrected chi connectivity index (χ3v) is 5.68. The van der Waals surface area contributed by atoms with Crippen molar-refractivity contribution in [1.82, 2.24) is 15.2 Å². The van der Waals surface area contributed by atoms with Gasteiger partial charge in [0, 0.05) is 5.39 Å². The molecule has 0 unspecified atom stereocenters. The van der Waals surface area contributed by atoms with E-state index in [-0.39, 0.29) is 11.5 Å². The molecular weight excluding hydrogens is 492 g/mol. The molecule has 0 saturated heterocycles. The van der Waals surface area contributed by atoms with E-state index < -0.39 is 15.9 Å². The Bertz CT molecular complexity index is 1610. The van der Waals surface area contributed by atoms with Gasteiger partial charge in [-0.25, -0.2) is 13.4 Å². The first-order chi connectivity index (χ1) is 17.7. The predicted molar refractivity (Wildman–Crippen MR) is 145 cm³/mol. The second-order valence-corrected chi connectivity index (χ2v) is 9.80. The average Bonchev–Trinajstić information content (AvgIpc) is 3.28. The number of H-pyrrole nitrogens is 1. The van der Waals surface area contributed by atoms with E-state index in [9.17, 15) is 13.2 Å². The van der Waals surface area contributed by atoms with Gasteiger partial charge in [-0.2, -0.15) is 5.10 Å². The minimum atomic E-state index is -3.45. The quantitative estimate of drug-likeness (QED) is 0.169. The maximum Gasteiger partial charge on any atom is 0.276 e. The number of amides is 1. The van der Waals surface area contributed by atoms with Crippen molar-refractivity contribution in [3.05, 3.63) is 96.2 Å². The molecule has 2 aromatic carbocycles. The Morgan fingerprint density at radius 3 is 2.59 bits per heavy atom. The maximum absolute atomic E-state index is 13.0. The molecule has 4 rings (SSSR count). The van der Waals surface area contributed by atoms with Crippen molar-refractivity contribution in [2.24, 2.45) is 4.99 Å². The number of aliphatic imine (C=N–C) groups is 1. The van der Waals surface area contributed by atoms with Crippen LogP contribution >= 0.6 is 0 Å². The van der Waals surface area contributed by atoms with Crippen molar-refractivity contribution in [2.45, 2.75) is 6.92 Å². The molecule has 0 aliphatic rings. The Kier molecular flexibility index (Phi) is 7.44. The number of hydrogen-bond acceptors (Lipinski definition) is 7. The smallest absolute Gasteiger partial charge is 0.276 e. The summed E-state index contributed by atoms with van der Waals surface area (Å²) in [5, 5.41) is 10.4. The summed E-state index contributed by atoms with van der Waals surface area (Å²) in [6.45, 7) is 5.44. The van der Waals surface area contributed by atoms with Crippen molar-refractivity contribution < 1.29 is 17.9 Å². The van der Waals surface area contributed by atoms with Crippen molar-refractivity contribution in [3.8, 4) is 5.75 Å². The minimum Gasteiger partial charge on any atom is -0.456 e.